The summed E-state index contributed by atoms with van der Waals surface area (Å²) in [7, 11) is 1.89. The smallest absolute Gasteiger partial charge is 0.0967 e. The van der Waals surface area contributed by atoms with Crippen molar-refractivity contribution in [1.82, 2.24) is 19.9 Å². The van der Waals surface area contributed by atoms with Crippen molar-refractivity contribution >= 4 is 11.6 Å². The fraction of sp³-hybridized carbons (Fsp3) is 0.800. The number of hydrogen-bond donors (Lipinski definition) is 0. The number of alkyl halides is 1. The summed E-state index contributed by atoms with van der Waals surface area (Å²) < 4.78 is 1.74. The third-order valence-electron chi connectivity index (χ3n) is 3.00. The van der Waals surface area contributed by atoms with Gasteiger partial charge in [0.05, 0.1) is 11.1 Å². The first-order valence-corrected chi connectivity index (χ1v) is 5.84. The van der Waals surface area contributed by atoms with Gasteiger partial charge in [0.2, 0.25) is 0 Å². The average Bonchev–Trinajstić information content (AvgIpc) is 2.73. The summed E-state index contributed by atoms with van der Waals surface area (Å²) in [5, 5.41) is 8.31. The normalized spacial score (nSPS) is 27.4. The lowest BCUT2D eigenvalue weighted by atomic mass is 10.1. The number of likely N-dealkylation sites (tertiary alicyclic amines) is 1. The van der Waals surface area contributed by atoms with Gasteiger partial charge in [-0.2, -0.15) is 0 Å². The van der Waals surface area contributed by atoms with Crippen LogP contribution in [0.15, 0.2) is 6.20 Å². The zero-order chi connectivity index (χ0) is 10.8. The molecule has 84 valence electrons. The Hall–Kier alpha value is -0.610. The molecule has 0 aromatic carbocycles. The summed E-state index contributed by atoms with van der Waals surface area (Å²) in [6, 6.07) is 0. The third kappa shape index (κ3) is 2.49. The molecule has 1 aromatic heterocycles. The van der Waals surface area contributed by atoms with Crippen molar-refractivity contribution in [2.45, 2.75) is 25.3 Å². The van der Waals surface area contributed by atoms with E-state index in [9.17, 15) is 0 Å². The summed E-state index contributed by atoms with van der Waals surface area (Å²) in [4.78, 5) is 2.36. The Labute approximate surface area is 95.2 Å². The second-order valence-corrected chi connectivity index (χ2v) is 4.82. The van der Waals surface area contributed by atoms with Crippen LogP contribution in [0.3, 0.4) is 0 Å². The Kier molecular flexibility index (Phi) is 3.26. The third-order valence-corrected chi connectivity index (χ3v) is 3.49. The average molecular weight is 229 g/mol. The van der Waals surface area contributed by atoms with Crippen molar-refractivity contribution in [3.8, 4) is 0 Å². The Morgan fingerprint density at radius 1 is 1.53 bits per heavy atom. The van der Waals surface area contributed by atoms with Crippen LogP contribution in [0.1, 0.15) is 19.0 Å². The van der Waals surface area contributed by atoms with Gasteiger partial charge in [-0.15, -0.1) is 16.7 Å². The van der Waals surface area contributed by atoms with Crippen molar-refractivity contribution in [1.29, 1.82) is 0 Å². The number of aromatic nitrogens is 3. The zero-order valence-electron chi connectivity index (χ0n) is 9.23. The van der Waals surface area contributed by atoms with Crippen LogP contribution in [0.4, 0.5) is 0 Å². The molecule has 0 radical (unpaired) electrons. The van der Waals surface area contributed by atoms with Gasteiger partial charge in [0.1, 0.15) is 0 Å². The molecule has 2 atom stereocenters. The predicted octanol–water partition coefficient (Wildman–Crippen LogP) is 1.26. The minimum absolute atomic E-state index is 0.298. The van der Waals surface area contributed by atoms with Crippen LogP contribution in [-0.2, 0) is 13.6 Å². The highest BCUT2D eigenvalue weighted by atomic mass is 35.5. The number of rotatable bonds is 3. The highest BCUT2D eigenvalue weighted by Gasteiger charge is 2.29. The fourth-order valence-electron chi connectivity index (χ4n) is 2.13. The number of hydrogen-bond acceptors (Lipinski definition) is 3. The quantitative estimate of drug-likeness (QED) is 0.731. The molecule has 15 heavy (non-hydrogen) atoms. The van der Waals surface area contributed by atoms with Gasteiger partial charge < -0.3 is 0 Å². The van der Waals surface area contributed by atoms with E-state index in [1.54, 1.807) is 4.68 Å². The van der Waals surface area contributed by atoms with E-state index in [-0.39, 0.29) is 0 Å². The Bertz CT molecular complexity index is 325. The molecule has 1 aliphatic rings. The fourth-order valence-corrected chi connectivity index (χ4v) is 2.58. The molecule has 2 heterocycles. The maximum Gasteiger partial charge on any atom is 0.0967 e. The monoisotopic (exact) mass is 228 g/mol. The summed E-state index contributed by atoms with van der Waals surface area (Å²) in [5.74, 6) is 0.628. The maximum absolute atomic E-state index is 6.26. The van der Waals surface area contributed by atoms with E-state index in [2.05, 4.69) is 22.1 Å². The van der Waals surface area contributed by atoms with Crippen LogP contribution in [0.25, 0.3) is 0 Å². The molecule has 1 aliphatic heterocycles. The van der Waals surface area contributed by atoms with Gasteiger partial charge in [-0.1, -0.05) is 18.6 Å². The van der Waals surface area contributed by atoms with E-state index in [0.717, 1.165) is 31.7 Å². The minimum Gasteiger partial charge on any atom is -0.296 e. The predicted molar refractivity (Wildman–Crippen MR) is 59.7 cm³/mol. The van der Waals surface area contributed by atoms with Crippen molar-refractivity contribution in [2.24, 2.45) is 13.0 Å². The topological polar surface area (TPSA) is 34.0 Å². The van der Waals surface area contributed by atoms with Crippen molar-refractivity contribution in [3.05, 3.63) is 11.9 Å². The highest BCUT2D eigenvalue weighted by molar-refractivity contribution is 6.21. The summed E-state index contributed by atoms with van der Waals surface area (Å²) >= 11 is 6.26. The molecule has 2 rings (SSSR count). The van der Waals surface area contributed by atoms with E-state index in [1.165, 1.54) is 0 Å². The molecule has 2 unspecified atom stereocenters. The lowest BCUT2D eigenvalue weighted by molar-refractivity contribution is 0.311. The van der Waals surface area contributed by atoms with Gasteiger partial charge in [-0.05, 0) is 5.92 Å². The van der Waals surface area contributed by atoms with E-state index in [4.69, 9.17) is 11.6 Å². The van der Waals surface area contributed by atoms with Crippen LogP contribution in [0, 0.1) is 5.92 Å². The molecular weight excluding hydrogens is 212 g/mol. The van der Waals surface area contributed by atoms with E-state index in [1.807, 2.05) is 13.2 Å². The first-order valence-electron chi connectivity index (χ1n) is 5.40. The van der Waals surface area contributed by atoms with E-state index >= 15 is 0 Å². The second kappa shape index (κ2) is 4.49. The first kappa shape index (κ1) is 10.9. The molecule has 1 saturated heterocycles. The Morgan fingerprint density at radius 3 is 2.87 bits per heavy atom. The lowest BCUT2D eigenvalue weighted by Gasteiger charge is -2.12. The first-order chi connectivity index (χ1) is 7.19. The highest BCUT2D eigenvalue weighted by Crippen LogP contribution is 2.25. The van der Waals surface area contributed by atoms with E-state index in [0.29, 0.717) is 11.3 Å². The molecule has 1 fully saturated rings. The second-order valence-electron chi connectivity index (χ2n) is 4.26. The van der Waals surface area contributed by atoms with Gasteiger partial charge in [-0.25, -0.2) is 0 Å². The molecule has 0 amide bonds. The SMILES string of the molecule is CCC1CN(Cc2cn(C)nn2)CC1Cl. The van der Waals surface area contributed by atoms with Gasteiger partial charge in [0, 0.05) is 32.9 Å². The molecule has 0 spiro atoms. The zero-order valence-corrected chi connectivity index (χ0v) is 9.98. The minimum atomic E-state index is 0.298. The Balaban J connectivity index is 1.92. The molecular formula is C10H17ClN4. The molecule has 4 nitrogen and oxygen atoms in total. The van der Waals surface area contributed by atoms with Crippen LogP contribution >= 0.6 is 11.6 Å². The molecule has 0 aliphatic carbocycles. The van der Waals surface area contributed by atoms with Crippen molar-refractivity contribution in [3.63, 3.8) is 0 Å². The summed E-state index contributed by atoms with van der Waals surface area (Å²) in [6.07, 6.45) is 3.12. The molecule has 0 saturated carbocycles. The van der Waals surface area contributed by atoms with Gasteiger partial charge in [0.25, 0.3) is 0 Å². The van der Waals surface area contributed by atoms with Crippen LogP contribution < -0.4 is 0 Å². The molecule has 0 bridgehead atoms. The largest absolute Gasteiger partial charge is 0.296 e. The summed E-state index contributed by atoms with van der Waals surface area (Å²) in [5.41, 5.74) is 1.03. The molecule has 5 heteroatoms. The van der Waals surface area contributed by atoms with Gasteiger partial charge >= 0.3 is 0 Å². The van der Waals surface area contributed by atoms with E-state index < -0.39 is 0 Å². The number of aryl methyl sites for hydroxylation is 1. The standard InChI is InChI=1S/C10H17ClN4/c1-3-8-4-15(7-10(8)11)6-9-5-14(2)13-12-9/h5,8,10H,3-4,6-7H2,1-2H3. The van der Waals surface area contributed by atoms with Gasteiger partial charge in [-0.3, -0.25) is 9.58 Å². The van der Waals surface area contributed by atoms with Crippen LogP contribution in [0.5, 0.6) is 0 Å². The van der Waals surface area contributed by atoms with Gasteiger partial charge in [0.15, 0.2) is 0 Å². The molecule has 1 aromatic rings. The van der Waals surface area contributed by atoms with Crippen LogP contribution in [0.2, 0.25) is 0 Å². The Morgan fingerprint density at radius 2 is 2.33 bits per heavy atom. The molecule has 0 N–H and O–H groups in total. The van der Waals surface area contributed by atoms with Crippen molar-refractivity contribution in [2.75, 3.05) is 13.1 Å². The lowest BCUT2D eigenvalue weighted by Crippen LogP contribution is -2.20. The number of nitrogens with zero attached hydrogens (tertiary/aromatic N) is 4. The summed E-state index contributed by atoms with van der Waals surface area (Å²) in [6.45, 7) is 5.12. The van der Waals surface area contributed by atoms with Crippen molar-refractivity contribution < 1.29 is 0 Å². The number of halogens is 1. The van der Waals surface area contributed by atoms with Crippen LogP contribution in [-0.4, -0.2) is 38.4 Å². The maximum atomic E-state index is 6.26.